The van der Waals surface area contributed by atoms with E-state index < -0.39 is 0 Å². The Morgan fingerprint density at radius 3 is 1.46 bits per heavy atom. The average molecular weight is 760 g/mol. The molecule has 59 heavy (non-hydrogen) atoms. The largest absolute Gasteiger partial charge is 0.453 e. The van der Waals surface area contributed by atoms with Gasteiger partial charge in [0.1, 0.15) is 5.58 Å². The second-order valence-corrected chi connectivity index (χ2v) is 18.5. The molecule has 0 bridgehead atoms. The van der Waals surface area contributed by atoms with E-state index in [1.807, 2.05) is 0 Å². The fraction of sp³-hybridized carbons (Fsp3) is 0.158. The second kappa shape index (κ2) is 11.7. The zero-order chi connectivity index (χ0) is 40.0. The van der Waals surface area contributed by atoms with Gasteiger partial charge in [0.2, 0.25) is 0 Å². The number of hydrogen-bond acceptors (Lipinski definition) is 2. The van der Waals surface area contributed by atoms with E-state index in [1.165, 1.54) is 77.9 Å². The third kappa shape index (κ3) is 4.52. The average Bonchev–Trinajstić information content (AvgIpc) is 3.91. The number of nitrogens with zero attached hydrogens (tertiary/aromatic N) is 1. The monoisotopic (exact) mass is 759 g/mol. The summed E-state index contributed by atoms with van der Waals surface area (Å²) in [6.07, 6.45) is 0. The van der Waals surface area contributed by atoms with Crippen molar-refractivity contribution in [2.24, 2.45) is 0 Å². The molecule has 0 saturated heterocycles. The Morgan fingerprint density at radius 2 is 0.864 bits per heavy atom. The van der Waals surface area contributed by atoms with Crippen molar-refractivity contribution < 1.29 is 4.42 Å². The van der Waals surface area contributed by atoms with Gasteiger partial charge >= 0.3 is 0 Å². The van der Waals surface area contributed by atoms with Gasteiger partial charge in [0.15, 0.2) is 5.58 Å². The zero-order valence-electron chi connectivity index (χ0n) is 34.4. The van der Waals surface area contributed by atoms with Crippen LogP contribution in [0.1, 0.15) is 74.9 Å². The van der Waals surface area contributed by atoms with Gasteiger partial charge in [-0.1, -0.05) is 169 Å². The molecule has 0 unspecified atom stereocenters. The summed E-state index contributed by atoms with van der Waals surface area (Å²) >= 11 is 0. The smallest absolute Gasteiger partial charge is 0.159 e. The number of hydrogen-bond donors (Lipinski definition) is 0. The Kier molecular flexibility index (Phi) is 6.84. The van der Waals surface area contributed by atoms with Gasteiger partial charge in [-0.25, -0.2) is 0 Å². The van der Waals surface area contributed by atoms with Gasteiger partial charge in [-0.15, -0.1) is 0 Å². The molecular weight excluding hydrogens is 715 g/mol. The van der Waals surface area contributed by atoms with Gasteiger partial charge in [-0.05, 0) is 109 Å². The van der Waals surface area contributed by atoms with E-state index in [4.69, 9.17) is 4.42 Å². The van der Waals surface area contributed by atoms with Crippen LogP contribution in [0.15, 0.2) is 168 Å². The van der Waals surface area contributed by atoms with E-state index >= 15 is 0 Å². The van der Waals surface area contributed by atoms with Crippen molar-refractivity contribution in [1.82, 2.24) is 0 Å². The second-order valence-electron chi connectivity index (χ2n) is 18.5. The number of para-hydroxylation sites is 1. The van der Waals surface area contributed by atoms with Crippen LogP contribution in [-0.2, 0) is 16.2 Å². The van der Waals surface area contributed by atoms with Crippen LogP contribution in [0, 0.1) is 0 Å². The van der Waals surface area contributed by atoms with Crippen LogP contribution in [-0.4, -0.2) is 0 Å². The highest BCUT2D eigenvalue weighted by atomic mass is 16.3. The SMILES string of the molecule is CC1(C)c2ccccc2-c2ccc(N(c3ccc4c(c3)C(C)(C)c3ccccc3-4)c3cccc4c3oc3c5c(cc(-c6ccccc6)c34)C(C)(C)c3ccccc3-5)cc21. The van der Waals surface area contributed by atoms with E-state index in [1.54, 1.807) is 0 Å². The highest BCUT2D eigenvalue weighted by Crippen LogP contribution is 2.57. The molecule has 0 atom stereocenters. The van der Waals surface area contributed by atoms with Crippen molar-refractivity contribution in [3.8, 4) is 44.5 Å². The van der Waals surface area contributed by atoms with Gasteiger partial charge in [0, 0.05) is 44.0 Å². The van der Waals surface area contributed by atoms with Crippen molar-refractivity contribution >= 4 is 39.0 Å². The van der Waals surface area contributed by atoms with E-state index in [0.29, 0.717) is 0 Å². The molecule has 8 aromatic carbocycles. The first-order valence-corrected chi connectivity index (χ1v) is 21.0. The molecule has 12 rings (SSSR count). The van der Waals surface area contributed by atoms with E-state index in [0.717, 1.165) is 39.0 Å². The van der Waals surface area contributed by atoms with Crippen LogP contribution in [0.5, 0.6) is 0 Å². The highest BCUT2D eigenvalue weighted by Gasteiger charge is 2.40. The van der Waals surface area contributed by atoms with E-state index in [-0.39, 0.29) is 16.2 Å². The lowest BCUT2D eigenvalue weighted by Gasteiger charge is -2.29. The number of fused-ring (bicyclic) bond motifs is 13. The highest BCUT2D eigenvalue weighted by molar-refractivity contribution is 6.20. The summed E-state index contributed by atoms with van der Waals surface area (Å²) in [5.74, 6) is 0. The first-order valence-electron chi connectivity index (χ1n) is 21.0. The van der Waals surface area contributed by atoms with Crippen molar-refractivity contribution in [3.05, 3.63) is 197 Å². The minimum Gasteiger partial charge on any atom is -0.453 e. The maximum absolute atomic E-state index is 7.49. The van der Waals surface area contributed by atoms with Crippen LogP contribution >= 0.6 is 0 Å². The Morgan fingerprint density at radius 1 is 0.373 bits per heavy atom. The van der Waals surface area contributed by atoms with Crippen molar-refractivity contribution in [3.63, 3.8) is 0 Å². The van der Waals surface area contributed by atoms with E-state index in [2.05, 4.69) is 210 Å². The minimum atomic E-state index is -0.179. The summed E-state index contributed by atoms with van der Waals surface area (Å²) in [6.45, 7) is 14.2. The molecule has 2 nitrogen and oxygen atoms in total. The summed E-state index contributed by atoms with van der Waals surface area (Å²) in [6, 6.07) is 61.0. The summed E-state index contributed by atoms with van der Waals surface area (Å²) < 4.78 is 7.49. The molecular formula is C57H45NO. The molecule has 0 spiro atoms. The molecule has 3 aliphatic carbocycles. The standard InChI is InChI=1S/C57H45NO/c1-55(2)44-23-13-10-19-37(44)39-29-27-35(31-47(39)55)58(36-28-30-40-38-20-11-14-24-45(38)56(3,4)48(40)32-36)50-26-16-22-42-51-43(34-17-8-7-9-18-34)33-49-52(54(51)59-53(42)50)41-21-12-15-25-46(41)57(49,5)6/h7-33H,1-6H3. The van der Waals surface area contributed by atoms with Crippen LogP contribution < -0.4 is 4.90 Å². The number of furan rings is 1. The van der Waals surface area contributed by atoms with Crippen molar-refractivity contribution in [1.29, 1.82) is 0 Å². The van der Waals surface area contributed by atoms with Crippen LogP contribution in [0.3, 0.4) is 0 Å². The van der Waals surface area contributed by atoms with Gasteiger partial charge < -0.3 is 9.32 Å². The fourth-order valence-electron chi connectivity index (χ4n) is 11.2. The lowest BCUT2D eigenvalue weighted by atomic mass is 9.81. The molecule has 1 aromatic heterocycles. The first kappa shape index (κ1) is 34.4. The summed E-state index contributed by atoms with van der Waals surface area (Å²) in [7, 11) is 0. The van der Waals surface area contributed by atoms with E-state index in [9.17, 15) is 0 Å². The first-order chi connectivity index (χ1) is 28.5. The molecule has 0 N–H and O–H groups in total. The number of rotatable bonds is 4. The number of benzene rings is 8. The molecule has 0 aliphatic heterocycles. The molecule has 0 fully saturated rings. The molecule has 1 heterocycles. The molecule has 0 radical (unpaired) electrons. The summed E-state index contributed by atoms with van der Waals surface area (Å²) in [5, 5.41) is 2.28. The number of anilines is 3. The van der Waals surface area contributed by atoms with Crippen LogP contribution in [0.4, 0.5) is 17.1 Å². The maximum atomic E-state index is 7.49. The lowest BCUT2D eigenvalue weighted by molar-refractivity contribution is 0.653. The van der Waals surface area contributed by atoms with Gasteiger partial charge in [-0.2, -0.15) is 0 Å². The Balaban J connectivity index is 1.16. The predicted molar refractivity (Wildman–Crippen MR) is 247 cm³/mol. The fourth-order valence-corrected chi connectivity index (χ4v) is 11.2. The van der Waals surface area contributed by atoms with Gasteiger partial charge in [0.25, 0.3) is 0 Å². The topological polar surface area (TPSA) is 16.4 Å². The van der Waals surface area contributed by atoms with Crippen LogP contribution in [0.25, 0.3) is 66.4 Å². The predicted octanol–water partition coefficient (Wildman–Crippen LogP) is 15.6. The molecule has 284 valence electrons. The third-order valence-corrected chi connectivity index (χ3v) is 14.3. The summed E-state index contributed by atoms with van der Waals surface area (Å²) in [4.78, 5) is 2.46. The molecule has 0 amide bonds. The van der Waals surface area contributed by atoms with Gasteiger partial charge in [-0.3, -0.25) is 0 Å². The van der Waals surface area contributed by atoms with Crippen molar-refractivity contribution in [2.75, 3.05) is 4.90 Å². The Bertz CT molecular complexity index is 3140. The Labute approximate surface area is 346 Å². The van der Waals surface area contributed by atoms with Crippen LogP contribution in [0.2, 0.25) is 0 Å². The third-order valence-electron chi connectivity index (χ3n) is 14.3. The minimum absolute atomic E-state index is 0.147. The normalized spacial score (nSPS) is 15.7. The van der Waals surface area contributed by atoms with Crippen molar-refractivity contribution in [2.45, 2.75) is 57.8 Å². The lowest BCUT2D eigenvalue weighted by Crippen LogP contribution is -2.18. The quantitative estimate of drug-likeness (QED) is 0.178. The molecule has 0 saturated carbocycles. The van der Waals surface area contributed by atoms with Gasteiger partial charge in [0.05, 0.1) is 5.69 Å². The molecule has 9 aromatic rings. The zero-order valence-corrected chi connectivity index (χ0v) is 34.4. The molecule has 2 heteroatoms. The maximum Gasteiger partial charge on any atom is 0.159 e. The Hall–Kier alpha value is -6.64. The summed E-state index contributed by atoms with van der Waals surface area (Å²) in [5.41, 5.74) is 22.9. The molecule has 3 aliphatic rings.